The van der Waals surface area contributed by atoms with Gasteiger partial charge in [-0.05, 0) is 18.8 Å². The maximum absolute atomic E-state index is 12.1. The maximum Gasteiger partial charge on any atom is 0.236 e. The van der Waals surface area contributed by atoms with E-state index in [0.717, 1.165) is 38.4 Å². The monoisotopic (exact) mass is 253 g/mol. The molecular formula is C13H23N3O2. The fourth-order valence-electron chi connectivity index (χ4n) is 2.71. The number of nitrogens with zero attached hydrogens (tertiary/aromatic N) is 2. The topological polar surface area (TPSA) is 52.7 Å². The number of likely N-dealkylation sites (tertiary alicyclic amines) is 1. The minimum atomic E-state index is 0.0266. The summed E-state index contributed by atoms with van der Waals surface area (Å²) < 4.78 is 0. The third-order valence-corrected chi connectivity index (χ3v) is 4.02. The van der Waals surface area contributed by atoms with Gasteiger partial charge in [0, 0.05) is 26.2 Å². The van der Waals surface area contributed by atoms with Crippen molar-refractivity contribution in [2.24, 2.45) is 5.92 Å². The highest BCUT2D eigenvalue weighted by Crippen LogP contribution is 2.19. The average Bonchev–Trinajstić information content (AvgIpc) is 2.39. The lowest BCUT2D eigenvalue weighted by atomic mass is 9.94. The minimum absolute atomic E-state index is 0.0266. The van der Waals surface area contributed by atoms with Gasteiger partial charge in [0.1, 0.15) is 0 Å². The van der Waals surface area contributed by atoms with Crippen LogP contribution in [0.4, 0.5) is 0 Å². The fourth-order valence-corrected chi connectivity index (χ4v) is 2.71. The number of carbonyl (C=O) groups excluding carboxylic acids is 2. The number of rotatable bonds is 3. The molecule has 0 unspecified atom stereocenters. The van der Waals surface area contributed by atoms with E-state index in [9.17, 15) is 9.59 Å². The first-order valence-corrected chi connectivity index (χ1v) is 6.96. The lowest BCUT2D eigenvalue weighted by molar-refractivity contribution is -0.135. The van der Waals surface area contributed by atoms with Crippen LogP contribution in [0.1, 0.15) is 26.2 Å². The number of nitrogens with one attached hydrogen (secondary N) is 1. The molecule has 102 valence electrons. The van der Waals surface area contributed by atoms with Crippen molar-refractivity contribution in [2.75, 3.05) is 39.3 Å². The number of amides is 2. The molecule has 2 rings (SSSR count). The summed E-state index contributed by atoms with van der Waals surface area (Å²) in [6, 6.07) is 0. The Morgan fingerprint density at radius 3 is 2.67 bits per heavy atom. The molecule has 0 aromatic rings. The minimum Gasteiger partial charge on any atom is -0.354 e. The van der Waals surface area contributed by atoms with Crippen molar-refractivity contribution < 1.29 is 9.59 Å². The van der Waals surface area contributed by atoms with E-state index in [4.69, 9.17) is 0 Å². The quantitative estimate of drug-likeness (QED) is 0.774. The van der Waals surface area contributed by atoms with Crippen LogP contribution in [-0.2, 0) is 9.59 Å². The van der Waals surface area contributed by atoms with E-state index >= 15 is 0 Å². The summed E-state index contributed by atoms with van der Waals surface area (Å²) in [4.78, 5) is 27.3. The Morgan fingerprint density at radius 2 is 2.06 bits per heavy atom. The standard InChI is InChI=1S/C13H23N3O2/c1-2-11-3-6-16(7-4-11)13(18)10-15-8-5-14-12(17)9-15/h11H,2-10H2,1H3,(H,14,17). The number of carbonyl (C=O) groups is 2. The Labute approximate surface area is 108 Å². The Kier molecular flexibility index (Phi) is 4.58. The van der Waals surface area contributed by atoms with Crippen molar-refractivity contribution in [3.8, 4) is 0 Å². The van der Waals surface area contributed by atoms with Gasteiger partial charge < -0.3 is 10.2 Å². The van der Waals surface area contributed by atoms with Gasteiger partial charge in [0.15, 0.2) is 0 Å². The van der Waals surface area contributed by atoms with Crippen LogP contribution in [0.25, 0.3) is 0 Å². The second-order valence-electron chi connectivity index (χ2n) is 5.29. The summed E-state index contributed by atoms with van der Waals surface area (Å²) in [5.74, 6) is 0.993. The highest BCUT2D eigenvalue weighted by atomic mass is 16.2. The van der Waals surface area contributed by atoms with Crippen LogP contribution in [0.2, 0.25) is 0 Å². The summed E-state index contributed by atoms with van der Waals surface area (Å²) in [6.45, 7) is 6.18. The SMILES string of the molecule is CCC1CCN(C(=O)CN2CCNC(=O)C2)CC1. The normalized spacial score (nSPS) is 22.9. The van der Waals surface area contributed by atoms with E-state index in [0.29, 0.717) is 19.6 Å². The Balaban J connectivity index is 1.76. The van der Waals surface area contributed by atoms with Crippen LogP contribution in [0.15, 0.2) is 0 Å². The molecule has 5 nitrogen and oxygen atoms in total. The van der Waals surface area contributed by atoms with Crippen molar-refractivity contribution in [1.82, 2.24) is 15.1 Å². The first kappa shape index (κ1) is 13.3. The summed E-state index contributed by atoms with van der Waals surface area (Å²) in [5, 5.41) is 2.77. The molecule has 2 aliphatic heterocycles. The zero-order valence-electron chi connectivity index (χ0n) is 11.2. The van der Waals surface area contributed by atoms with Gasteiger partial charge in [0.25, 0.3) is 0 Å². The van der Waals surface area contributed by atoms with Crippen molar-refractivity contribution in [3.63, 3.8) is 0 Å². The summed E-state index contributed by atoms with van der Waals surface area (Å²) in [7, 11) is 0. The molecular weight excluding hydrogens is 230 g/mol. The van der Waals surface area contributed by atoms with Crippen molar-refractivity contribution in [1.29, 1.82) is 0 Å². The molecule has 18 heavy (non-hydrogen) atoms. The number of piperidine rings is 1. The van der Waals surface area contributed by atoms with Crippen molar-refractivity contribution >= 4 is 11.8 Å². The smallest absolute Gasteiger partial charge is 0.236 e. The second kappa shape index (κ2) is 6.18. The molecule has 0 saturated carbocycles. The molecule has 2 aliphatic rings. The van der Waals surface area contributed by atoms with Gasteiger partial charge in [-0.3, -0.25) is 14.5 Å². The second-order valence-corrected chi connectivity index (χ2v) is 5.29. The van der Waals surface area contributed by atoms with Crippen LogP contribution < -0.4 is 5.32 Å². The molecule has 5 heteroatoms. The summed E-state index contributed by atoms with van der Waals surface area (Å²) in [5.41, 5.74) is 0. The lowest BCUT2D eigenvalue weighted by Gasteiger charge is -2.34. The molecule has 0 bridgehead atoms. The molecule has 1 N–H and O–H groups in total. The van der Waals surface area contributed by atoms with Crippen LogP contribution >= 0.6 is 0 Å². The van der Waals surface area contributed by atoms with Crippen molar-refractivity contribution in [2.45, 2.75) is 26.2 Å². The third kappa shape index (κ3) is 3.45. The third-order valence-electron chi connectivity index (χ3n) is 4.02. The van der Waals surface area contributed by atoms with Gasteiger partial charge in [0.05, 0.1) is 13.1 Å². The van der Waals surface area contributed by atoms with E-state index in [1.54, 1.807) is 0 Å². The van der Waals surface area contributed by atoms with E-state index in [-0.39, 0.29) is 11.8 Å². The Hall–Kier alpha value is -1.10. The number of hydrogen-bond acceptors (Lipinski definition) is 3. The molecule has 2 heterocycles. The largest absolute Gasteiger partial charge is 0.354 e. The molecule has 2 amide bonds. The number of hydrogen-bond donors (Lipinski definition) is 1. The predicted molar refractivity (Wildman–Crippen MR) is 69.0 cm³/mol. The van der Waals surface area contributed by atoms with E-state index < -0.39 is 0 Å². The zero-order chi connectivity index (χ0) is 13.0. The van der Waals surface area contributed by atoms with Crippen LogP contribution in [-0.4, -0.2) is 60.9 Å². The van der Waals surface area contributed by atoms with Gasteiger partial charge >= 0.3 is 0 Å². The molecule has 2 saturated heterocycles. The van der Waals surface area contributed by atoms with Crippen LogP contribution in [0.5, 0.6) is 0 Å². The van der Waals surface area contributed by atoms with Gasteiger partial charge in [-0.2, -0.15) is 0 Å². The average molecular weight is 253 g/mol. The maximum atomic E-state index is 12.1. The summed E-state index contributed by atoms with van der Waals surface area (Å²) in [6.07, 6.45) is 3.47. The highest BCUT2D eigenvalue weighted by molar-refractivity contribution is 5.81. The number of piperazine rings is 1. The predicted octanol–water partition coefficient (Wildman–Crippen LogP) is 0.0668. The molecule has 2 fully saturated rings. The lowest BCUT2D eigenvalue weighted by Crippen LogP contribution is -2.52. The Bertz CT molecular complexity index is 311. The summed E-state index contributed by atoms with van der Waals surface area (Å²) >= 11 is 0. The van der Waals surface area contributed by atoms with Gasteiger partial charge in [0.2, 0.25) is 11.8 Å². The first-order valence-electron chi connectivity index (χ1n) is 6.96. The zero-order valence-corrected chi connectivity index (χ0v) is 11.2. The first-order chi connectivity index (χ1) is 8.69. The molecule has 0 aromatic heterocycles. The van der Waals surface area contributed by atoms with Gasteiger partial charge in [-0.25, -0.2) is 0 Å². The molecule has 0 aromatic carbocycles. The van der Waals surface area contributed by atoms with E-state index in [1.807, 2.05) is 9.80 Å². The van der Waals surface area contributed by atoms with E-state index in [2.05, 4.69) is 12.2 Å². The van der Waals surface area contributed by atoms with Gasteiger partial charge in [-0.1, -0.05) is 13.3 Å². The highest BCUT2D eigenvalue weighted by Gasteiger charge is 2.24. The van der Waals surface area contributed by atoms with Crippen LogP contribution in [0, 0.1) is 5.92 Å². The fraction of sp³-hybridized carbons (Fsp3) is 0.846. The van der Waals surface area contributed by atoms with Crippen molar-refractivity contribution in [3.05, 3.63) is 0 Å². The van der Waals surface area contributed by atoms with Crippen LogP contribution in [0.3, 0.4) is 0 Å². The van der Waals surface area contributed by atoms with Gasteiger partial charge in [-0.15, -0.1) is 0 Å². The molecule has 0 radical (unpaired) electrons. The molecule has 0 spiro atoms. The van der Waals surface area contributed by atoms with E-state index in [1.165, 1.54) is 6.42 Å². The molecule has 0 atom stereocenters. The Morgan fingerprint density at radius 1 is 1.33 bits per heavy atom. The molecule has 0 aliphatic carbocycles.